The minimum absolute atomic E-state index is 0.0576. The van der Waals surface area contributed by atoms with E-state index in [4.69, 9.17) is 9.47 Å². The van der Waals surface area contributed by atoms with E-state index in [0.717, 1.165) is 31.0 Å². The highest BCUT2D eigenvalue weighted by atomic mass is 32.2. The molecule has 34 heavy (non-hydrogen) atoms. The zero-order valence-electron chi connectivity index (χ0n) is 19.3. The maximum absolute atomic E-state index is 12.9. The average Bonchev–Trinajstić information content (AvgIpc) is 2.86. The number of esters is 2. The molecule has 10 heteroatoms. The van der Waals surface area contributed by atoms with Gasteiger partial charge in [-0.25, -0.2) is 4.79 Å². The van der Waals surface area contributed by atoms with Gasteiger partial charge in [0.1, 0.15) is 5.92 Å². The molecule has 2 aliphatic heterocycles. The van der Waals surface area contributed by atoms with Crippen LogP contribution in [0.25, 0.3) is 0 Å². The molecule has 1 aromatic rings. The SMILES string of the molecule is COC(=O)c1ccc([C@@H]2C(C#N)=C(SCC(=O)N3CCCC[C@@H]3C)NC(=O)[C@H]2C(=O)OC)cc1. The van der Waals surface area contributed by atoms with Gasteiger partial charge < -0.3 is 19.7 Å². The fraction of sp³-hybridized carbons (Fsp3) is 0.458. The normalized spacial score (nSPS) is 22.5. The number of ether oxygens (including phenoxy) is 2. The Kier molecular flexibility index (Phi) is 8.34. The standard InChI is InChI=1S/C24H27N3O6S/c1-14-6-4-5-11-27(14)18(28)13-34-22-17(12-25)19(20(21(29)26-22)24(31)33-3)15-7-9-16(10-8-15)23(30)32-2/h7-10,14,19-20H,4-6,11,13H2,1-3H3,(H,26,29)/t14-,19+,20-/m0/s1. The van der Waals surface area contributed by atoms with Gasteiger partial charge in [-0.2, -0.15) is 5.26 Å². The predicted octanol–water partition coefficient (Wildman–Crippen LogP) is 2.35. The molecule has 2 amide bonds. The summed E-state index contributed by atoms with van der Waals surface area (Å²) in [4.78, 5) is 51.8. The van der Waals surface area contributed by atoms with Crippen LogP contribution in [0.1, 0.15) is 48.0 Å². The zero-order chi connectivity index (χ0) is 24.8. The van der Waals surface area contributed by atoms with Crippen LogP contribution >= 0.6 is 11.8 Å². The summed E-state index contributed by atoms with van der Waals surface area (Å²) in [5.74, 6) is -4.15. The number of nitriles is 1. The first-order valence-corrected chi connectivity index (χ1v) is 11.9. The number of hydrogen-bond donors (Lipinski definition) is 1. The molecule has 0 saturated carbocycles. The van der Waals surface area contributed by atoms with E-state index in [0.29, 0.717) is 17.7 Å². The summed E-state index contributed by atoms with van der Waals surface area (Å²) >= 11 is 1.08. The summed E-state index contributed by atoms with van der Waals surface area (Å²) in [6.07, 6.45) is 2.99. The summed E-state index contributed by atoms with van der Waals surface area (Å²) in [6.45, 7) is 2.70. The van der Waals surface area contributed by atoms with Crippen LogP contribution in [-0.2, 0) is 23.9 Å². The fourth-order valence-corrected chi connectivity index (χ4v) is 5.24. The van der Waals surface area contributed by atoms with Crippen molar-refractivity contribution in [2.24, 2.45) is 5.92 Å². The number of hydrogen-bond acceptors (Lipinski definition) is 8. The zero-order valence-corrected chi connectivity index (χ0v) is 20.1. The molecule has 0 spiro atoms. The third-order valence-corrected chi connectivity index (χ3v) is 7.14. The number of carbonyl (C=O) groups excluding carboxylic acids is 4. The van der Waals surface area contributed by atoms with E-state index in [2.05, 4.69) is 11.4 Å². The van der Waals surface area contributed by atoms with Gasteiger partial charge in [0.2, 0.25) is 11.8 Å². The first-order chi connectivity index (χ1) is 16.3. The van der Waals surface area contributed by atoms with Crippen molar-refractivity contribution in [1.29, 1.82) is 5.26 Å². The fourth-order valence-electron chi connectivity index (χ4n) is 4.31. The number of allylic oxidation sites excluding steroid dienone is 1. The molecule has 0 aromatic heterocycles. The molecule has 1 saturated heterocycles. The Morgan fingerprint density at radius 3 is 2.47 bits per heavy atom. The Hall–Kier alpha value is -3.32. The highest BCUT2D eigenvalue weighted by molar-refractivity contribution is 8.03. The molecule has 3 atom stereocenters. The lowest BCUT2D eigenvalue weighted by Gasteiger charge is -2.34. The van der Waals surface area contributed by atoms with Gasteiger partial charge in [0.15, 0.2) is 0 Å². The number of piperidine rings is 1. The minimum atomic E-state index is -1.29. The second kappa shape index (κ2) is 11.2. The van der Waals surface area contributed by atoms with Crippen molar-refractivity contribution in [2.45, 2.75) is 38.1 Å². The maximum atomic E-state index is 12.9. The molecule has 2 heterocycles. The van der Waals surface area contributed by atoms with Crippen LogP contribution in [0.4, 0.5) is 0 Å². The van der Waals surface area contributed by atoms with Crippen molar-refractivity contribution in [1.82, 2.24) is 10.2 Å². The summed E-state index contributed by atoms with van der Waals surface area (Å²) < 4.78 is 9.54. The Morgan fingerprint density at radius 2 is 1.88 bits per heavy atom. The minimum Gasteiger partial charge on any atom is -0.468 e. The van der Waals surface area contributed by atoms with Crippen LogP contribution in [-0.4, -0.2) is 61.2 Å². The van der Waals surface area contributed by atoms with Gasteiger partial charge >= 0.3 is 11.9 Å². The number of thioether (sulfide) groups is 1. The van der Waals surface area contributed by atoms with Crippen molar-refractivity contribution in [3.63, 3.8) is 0 Å². The lowest BCUT2D eigenvalue weighted by atomic mass is 9.78. The molecule has 180 valence electrons. The quantitative estimate of drug-likeness (QED) is 0.481. The predicted molar refractivity (Wildman–Crippen MR) is 124 cm³/mol. The molecule has 0 aliphatic carbocycles. The topological polar surface area (TPSA) is 126 Å². The molecule has 2 aliphatic rings. The van der Waals surface area contributed by atoms with Crippen LogP contribution in [0.2, 0.25) is 0 Å². The van der Waals surface area contributed by atoms with Gasteiger partial charge in [-0.3, -0.25) is 14.4 Å². The Morgan fingerprint density at radius 1 is 1.18 bits per heavy atom. The van der Waals surface area contributed by atoms with E-state index >= 15 is 0 Å². The lowest BCUT2D eigenvalue weighted by Crippen LogP contribution is -2.45. The van der Waals surface area contributed by atoms with Crippen LogP contribution in [0.5, 0.6) is 0 Å². The van der Waals surface area contributed by atoms with E-state index in [-0.39, 0.29) is 28.3 Å². The van der Waals surface area contributed by atoms with Gasteiger partial charge in [-0.1, -0.05) is 23.9 Å². The summed E-state index contributed by atoms with van der Waals surface area (Å²) in [5.41, 5.74) is 0.938. The van der Waals surface area contributed by atoms with E-state index in [1.54, 1.807) is 12.1 Å². The van der Waals surface area contributed by atoms with Crippen LogP contribution in [0.15, 0.2) is 34.9 Å². The van der Waals surface area contributed by atoms with Crippen molar-refractivity contribution in [2.75, 3.05) is 26.5 Å². The molecule has 9 nitrogen and oxygen atoms in total. The van der Waals surface area contributed by atoms with E-state index in [1.807, 2.05) is 11.8 Å². The van der Waals surface area contributed by atoms with Crippen molar-refractivity contribution in [3.05, 3.63) is 46.0 Å². The van der Waals surface area contributed by atoms with Gasteiger partial charge in [0, 0.05) is 18.5 Å². The molecular formula is C24H27N3O6S. The van der Waals surface area contributed by atoms with Gasteiger partial charge in [-0.05, 0) is 43.9 Å². The molecule has 3 rings (SSSR count). The second-order valence-corrected chi connectivity index (χ2v) is 9.14. The maximum Gasteiger partial charge on any atom is 0.337 e. The Balaban J connectivity index is 1.93. The summed E-state index contributed by atoms with van der Waals surface area (Å²) in [5, 5.41) is 12.9. The van der Waals surface area contributed by atoms with Gasteiger partial charge in [0.25, 0.3) is 0 Å². The van der Waals surface area contributed by atoms with E-state index < -0.39 is 29.7 Å². The van der Waals surface area contributed by atoms with Crippen LogP contribution in [0, 0.1) is 17.2 Å². The number of amides is 2. The van der Waals surface area contributed by atoms with Crippen molar-refractivity contribution in [3.8, 4) is 6.07 Å². The number of carbonyl (C=O) groups is 4. The van der Waals surface area contributed by atoms with E-state index in [9.17, 15) is 24.4 Å². The highest BCUT2D eigenvalue weighted by Gasteiger charge is 2.44. The highest BCUT2D eigenvalue weighted by Crippen LogP contribution is 2.40. The van der Waals surface area contributed by atoms with Crippen LogP contribution < -0.4 is 5.32 Å². The third-order valence-electron chi connectivity index (χ3n) is 6.14. The molecule has 1 fully saturated rings. The molecule has 1 N–H and O–H groups in total. The number of nitrogens with zero attached hydrogens (tertiary/aromatic N) is 2. The number of nitrogens with one attached hydrogen (secondary N) is 1. The first-order valence-electron chi connectivity index (χ1n) is 11.0. The summed E-state index contributed by atoms with van der Waals surface area (Å²) in [6, 6.07) is 8.42. The van der Waals surface area contributed by atoms with E-state index in [1.165, 1.54) is 26.4 Å². The second-order valence-electron chi connectivity index (χ2n) is 8.16. The molecule has 0 radical (unpaired) electrons. The largest absolute Gasteiger partial charge is 0.468 e. The summed E-state index contributed by atoms with van der Waals surface area (Å²) in [7, 11) is 2.44. The average molecular weight is 486 g/mol. The molecule has 0 unspecified atom stereocenters. The number of likely N-dealkylation sites (tertiary alicyclic amines) is 1. The monoisotopic (exact) mass is 485 g/mol. The smallest absolute Gasteiger partial charge is 0.337 e. The number of rotatable bonds is 6. The Labute approximate surface area is 202 Å². The molecule has 1 aromatic carbocycles. The van der Waals surface area contributed by atoms with Crippen molar-refractivity contribution >= 4 is 35.5 Å². The molecular weight excluding hydrogens is 458 g/mol. The first kappa shape index (κ1) is 25.3. The van der Waals surface area contributed by atoms with Crippen LogP contribution in [0.3, 0.4) is 0 Å². The van der Waals surface area contributed by atoms with Gasteiger partial charge in [0.05, 0.1) is 42.2 Å². The Bertz CT molecular complexity index is 1050. The third kappa shape index (κ3) is 5.25. The molecule has 0 bridgehead atoms. The van der Waals surface area contributed by atoms with Gasteiger partial charge in [-0.15, -0.1) is 0 Å². The van der Waals surface area contributed by atoms with Crippen molar-refractivity contribution < 1.29 is 28.7 Å². The number of benzene rings is 1. The lowest BCUT2D eigenvalue weighted by molar-refractivity contribution is -0.150. The number of methoxy groups -OCH3 is 2.